The van der Waals surface area contributed by atoms with Gasteiger partial charge >= 0.3 is 0 Å². The van der Waals surface area contributed by atoms with Crippen LogP contribution in [0, 0.1) is 17.3 Å². The van der Waals surface area contributed by atoms with Gasteiger partial charge in [0.25, 0.3) is 0 Å². The molecule has 1 aliphatic rings. The Morgan fingerprint density at radius 2 is 1.86 bits per heavy atom. The van der Waals surface area contributed by atoms with Crippen molar-refractivity contribution in [3.63, 3.8) is 0 Å². The molecule has 0 unspecified atom stereocenters. The summed E-state index contributed by atoms with van der Waals surface area (Å²) in [5, 5.41) is 9.72. The Hall–Kier alpha value is 0.234. The zero-order chi connectivity index (χ0) is 16.0. The molecule has 0 aromatic rings. The molecule has 0 aromatic heterocycles. The second-order valence-electron chi connectivity index (χ2n) is 6.32. The smallest absolute Gasteiger partial charge is 0.161 e. The van der Waals surface area contributed by atoms with Gasteiger partial charge in [0.05, 0.1) is 25.4 Å². The van der Waals surface area contributed by atoms with Crippen molar-refractivity contribution in [1.82, 2.24) is 0 Å². The first-order valence-electron chi connectivity index (χ1n) is 7.92. The predicted molar refractivity (Wildman–Crippen MR) is 88.8 cm³/mol. The normalized spacial score (nSPS) is 33.3. The summed E-state index contributed by atoms with van der Waals surface area (Å²) in [6.07, 6.45) is -0.415. The van der Waals surface area contributed by atoms with Crippen molar-refractivity contribution in [3.8, 4) is 0 Å². The van der Waals surface area contributed by atoms with E-state index in [1.807, 2.05) is 0 Å². The van der Waals surface area contributed by atoms with E-state index in [1.165, 1.54) is 0 Å². The maximum atomic E-state index is 9.72. The average Bonchev–Trinajstić information content (AvgIpc) is 2.46. The summed E-state index contributed by atoms with van der Waals surface area (Å²) in [5.74, 6) is 0.336. The van der Waals surface area contributed by atoms with E-state index in [-0.39, 0.29) is 36.4 Å². The first-order valence-corrected chi connectivity index (χ1v) is 11.9. The van der Waals surface area contributed by atoms with E-state index in [0.29, 0.717) is 12.5 Å². The lowest BCUT2D eigenvalue weighted by Gasteiger charge is -2.50. The first-order chi connectivity index (χ1) is 9.93. The highest BCUT2D eigenvalue weighted by atomic mass is 28.2. The van der Waals surface area contributed by atoms with Crippen molar-refractivity contribution in [2.24, 2.45) is 17.3 Å². The number of ether oxygens (including phenoxy) is 2. The minimum absolute atomic E-state index is 0.000500. The van der Waals surface area contributed by atoms with Crippen molar-refractivity contribution in [3.05, 3.63) is 0 Å². The molecule has 1 saturated heterocycles. The first kappa shape index (κ1) is 19.3. The Kier molecular flexibility index (Phi) is 8.04. The van der Waals surface area contributed by atoms with Crippen LogP contribution in [0.2, 0.25) is 13.1 Å². The van der Waals surface area contributed by atoms with E-state index >= 15 is 0 Å². The van der Waals surface area contributed by atoms with E-state index in [0.717, 1.165) is 0 Å². The Morgan fingerprint density at radius 1 is 1.29 bits per heavy atom. The molecular weight excluding hydrogens is 304 g/mol. The molecule has 4 atom stereocenters. The molecule has 1 heterocycles. The van der Waals surface area contributed by atoms with Crippen LogP contribution in [0.1, 0.15) is 20.8 Å². The van der Waals surface area contributed by atoms with Gasteiger partial charge in [-0.15, -0.1) is 0 Å². The van der Waals surface area contributed by atoms with E-state index in [9.17, 15) is 5.11 Å². The standard InChI is InChI=1S/C14H32O5Si2/c1-9-8-17-10(7-15)11(12(9)16-4)14(2,3)13(18-20-5)19-21-6/h9-13,15H,7-8,20-21H2,1-6H3/t9-,10+,11+,12-/m0/s1. The molecule has 0 aromatic carbocycles. The molecule has 0 amide bonds. The highest BCUT2D eigenvalue weighted by Gasteiger charge is 2.50. The van der Waals surface area contributed by atoms with Crippen LogP contribution in [0.15, 0.2) is 0 Å². The van der Waals surface area contributed by atoms with Crippen LogP contribution >= 0.6 is 0 Å². The summed E-state index contributed by atoms with van der Waals surface area (Å²) >= 11 is 0. The van der Waals surface area contributed by atoms with Gasteiger partial charge in [0.2, 0.25) is 0 Å². The largest absolute Gasteiger partial charge is 0.400 e. The van der Waals surface area contributed by atoms with Crippen molar-refractivity contribution in [2.75, 3.05) is 20.3 Å². The lowest BCUT2D eigenvalue weighted by Crippen LogP contribution is -2.57. The van der Waals surface area contributed by atoms with Gasteiger partial charge in [-0.2, -0.15) is 0 Å². The fraction of sp³-hybridized carbons (Fsp3) is 1.00. The van der Waals surface area contributed by atoms with Crippen LogP contribution in [0.4, 0.5) is 0 Å². The van der Waals surface area contributed by atoms with Gasteiger partial charge < -0.3 is 23.4 Å². The molecule has 7 heteroatoms. The molecule has 1 fully saturated rings. The van der Waals surface area contributed by atoms with E-state index in [1.54, 1.807) is 7.11 Å². The van der Waals surface area contributed by atoms with Crippen LogP contribution in [-0.4, -0.2) is 63.5 Å². The third-order valence-electron chi connectivity index (χ3n) is 4.44. The lowest BCUT2D eigenvalue weighted by atomic mass is 9.68. The van der Waals surface area contributed by atoms with Crippen LogP contribution < -0.4 is 0 Å². The fourth-order valence-corrected chi connectivity index (χ4v) is 5.27. The van der Waals surface area contributed by atoms with Crippen molar-refractivity contribution in [2.45, 2.75) is 52.4 Å². The highest BCUT2D eigenvalue weighted by Crippen LogP contribution is 2.43. The number of hydrogen-bond acceptors (Lipinski definition) is 5. The summed E-state index contributed by atoms with van der Waals surface area (Å²) in [6, 6.07) is 0. The molecule has 1 N–H and O–H groups in total. The number of rotatable bonds is 8. The Labute approximate surface area is 133 Å². The van der Waals surface area contributed by atoms with Gasteiger partial charge in [0.1, 0.15) is 6.29 Å². The second kappa shape index (κ2) is 8.76. The molecule has 0 saturated carbocycles. The number of hydrogen-bond donors (Lipinski definition) is 1. The van der Waals surface area contributed by atoms with Gasteiger partial charge in [0.15, 0.2) is 19.5 Å². The van der Waals surface area contributed by atoms with Gasteiger partial charge in [-0.3, -0.25) is 0 Å². The quantitative estimate of drug-likeness (QED) is 0.510. The number of methoxy groups -OCH3 is 1. The fourth-order valence-electron chi connectivity index (χ4n) is 3.42. The molecule has 21 heavy (non-hydrogen) atoms. The summed E-state index contributed by atoms with van der Waals surface area (Å²) in [5.41, 5.74) is -0.269. The Bertz CT molecular complexity index is 297. The molecule has 5 nitrogen and oxygen atoms in total. The van der Waals surface area contributed by atoms with E-state index in [4.69, 9.17) is 18.3 Å². The molecule has 0 bridgehead atoms. The number of aliphatic hydroxyl groups is 1. The SMILES string of the molecule is CO[C@@H]1[C@H](C(C)(C)C(O[SiH2]C)O[SiH2]C)[C@@H](CO)OC[C@@H]1C. The molecule has 1 aliphatic heterocycles. The van der Waals surface area contributed by atoms with E-state index < -0.39 is 19.5 Å². The monoisotopic (exact) mass is 336 g/mol. The van der Waals surface area contributed by atoms with Gasteiger partial charge in [-0.05, 0) is 0 Å². The molecule has 0 aliphatic carbocycles. The molecule has 126 valence electrons. The van der Waals surface area contributed by atoms with Gasteiger partial charge in [0, 0.05) is 24.4 Å². The maximum absolute atomic E-state index is 9.72. The van der Waals surface area contributed by atoms with Gasteiger partial charge in [-0.1, -0.05) is 33.9 Å². The summed E-state index contributed by atoms with van der Waals surface area (Å²) in [6.45, 7) is 11.3. The molecule has 1 rings (SSSR count). The molecule has 0 spiro atoms. The van der Waals surface area contributed by atoms with E-state index in [2.05, 4.69) is 33.9 Å². The zero-order valence-corrected chi connectivity index (χ0v) is 17.1. The molecular formula is C14H32O5Si2. The average molecular weight is 337 g/mol. The van der Waals surface area contributed by atoms with Crippen LogP contribution in [0.5, 0.6) is 0 Å². The summed E-state index contributed by atoms with van der Waals surface area (Å²) in [7, 11) is 0.589. The summed E-state index contributed by atoms with van der Waals surface area (Å²) in [4.78, 5) is 0. The highest BCUT2D eigenvalue weighted by molar-refractivity contribution is 6.26. The minimum Gasteiger partial charge on any atom is -0.400 e. The Morgan fingerprint density at radius 3 is 2.29 bits per heavy atom. The molecule has 0 radical (unpaired) electrons. The summed E-state index contributed by atoms with van der Waals surface area (Å²) < 4.78 is 23.6. The van der Waals surface area contributed by atoms with Crippen LogP contribution in [0.25, 0.3) is 0 Å². The third kappa shape index (κ3) is 4.37. The number of aliphatic hydroxyl groups excluding tert-OH is 1. The van der Waals surface area contributed by atoms with Crippen molar-refractivity contribution in [1.29, 1.82) is 0 Å². The van der Waals surface area contributed by atoms with Crippen molar-refractivity contribution < 1.29 is 23.4 Å². The van der Waals surface area contributed by atoms with Crippen LogP contribution in [-0.2, 0) is 18.3 Å². The van der Waals surface area contributed by atoms with Crippen molar-refractivity contribution >= 4 is 19.5 Å². The minimum atomic E-state index is -0.576. The van der Waals surface area contributed by atoms with Gasteiger partial charge in [-0.25, -0.2) is 0 Å². The maximum Gasteiger partial charge on any atom is 0.161 e. The second-order valence-corrected chi connectivity index (χ2v) is 8.14. The third-order valence-corrected chi connectivity index (χ3v) is 5.72. The Balaban J connectivity index is 3.06. The van der Waals surface area contributed by atoms with Crippen LogP contribution in [0.3, 0.4) is 0 Å². The predicted octanol–water partition coefficient (Wildman–Crippen LogP) is 0.294. The zero-order valence-electron chi connectivity index (χ0n) is 14.3. The lowest BCUT2D eigenvalue weighted by molar-refractivity contribution is -0.217. The topological polar surface area (TPSA) is 57.2 Å².